The van der Waals surface area contributed by atoms with Gasteiger partial charge in [-0.15, -0.1) is 0 Å². The summed E-state index contributed by atoms with van der Waals surface area (Å²) in [5, 5.41) is 3.28. The van der Waals surface area contributed by atoms with Crippen molar-refractivity contribution in [2.45, 2.75) is 6.82 Å². The average molecular weight is 131 g/mol. The minimum Gasteiger partial charge on any atom is -0.204 e. The highest BCUT2D eigenvalue weighted by atomic mass is 14.9. The van der Waals surface area contributed by atoms with Crippen LogP contribution in [-0.4, -0.2) is 7.28 Å². The maximum atomic E-state index is 6.69. The van der Waals surface area contributed by atoms with Gasteiger partial charge in [-0.05, 0) is 12.1 Å². The van der Waals surface area contributed by atoms with Gasteiger partial charge in [0.2, 0.25) is 0 Å². The van der Waals surface area contributed by atoms with Crippen LogP contribution in [0.4, 0.5) is 5.69 Å². The third-order valence-electron chi connectivity index (χ3n) is 1.36. The Morgan fingerprint density at radius 2 is 1.90 bits per heavy atom. The summed E-state index contributed by atoms with van der Waals surface area (Å²) in [6.07, 6.45) is 0. The molecule has 0 fully saturated rings. The first-order valence-electron chi connectivity index (χ1n) is 3.13. The molecule has 1 rings (SSSR count). The van der Waals surface area contributed by atoms with E-state index >= 15 is 0 Å². The molecule has 3 heteroatoms. The summed E-state index contributed by atoms with van der Waals surface area (Å²) in [6.45, 7) is 1.98. The van der Waals surface area contributed by atoms with Gasteiger partial charge in [0, 0.05) is 0 Å². The quantitative estimate of drug-likeness (QED) is 0.468. The van der Waals surface area contributed by atoms with E-state index in [2.05, 4.69) is 5.11 Å². The van der Waals surface area contributed by atoms with E-state index < -0.39 is 0 Å². The third kappa shape index (κ3) is 1.44. The normalized spacial score (nSPS) is 8.90. The fourth-order valence-corrected chi connectivity index (χ4v) is 0.741. The largest absolute Gasteiger partial charge is 0.204 e. The van der Waals surface area contributed by atoms with Crippen molar-refractivity contribution in [2.24, 2.45) is 5.11 Å². The van der Waals surface area contributed by atoms with E-state index in [1.165, 1.54) is 0 Å². The van der Waals surface area contributed by atoms with Crippen molar-refractivity contribution in [3.8, 4) is 0 Å². The van der Waals surface area contributed by atoms with Crippen molar-refractivity contribution in [3.05, 3.63) is 24.3 Å². The molecular weight excluding hydrogens is 123 g/mol. The molecular formula is C7H8BN2. The molecule has 49 valence electrons. The summed E-state index contributed by atoms with van der Waals surface area (Å²) in [7, 11) is 2.01. The van der Waals surface area contributed by atoms with Crippen LogP contribution in [0.1, 0.15) is 0 Å². The Bertz CT molecular complexity index is 218. The minimum absolute atomic E-state index is 0.700. The molecule has 1 aromatic carbocycles. The SMILES string of the molecule is C[B]c1ccc(N=N)cc1. The van der Waals surface area contributed by atoms with E-state index in [0.29, 0.717) is 5.69 Å². The standard InChI is InChI=1S/C7H8BN2/c1-8-6-2-4-7(10-9)5-3-6/h2-5,9H,1H3. The first-order valence-corrected chi connectivity index (χ1v) is 3.13. The smallest absolute Gasteiger partial charge is 0.148 e. The average Bonchev–Trinajstić information content (AvgIpc) is 2.05. The molecule has 1 radical (unpaired) electrons. The van der Waals surface area contributed by atoms with Gasteiger partial charge in [-0.2, -0.15) is 5.11 Å². The Balaban J connectivity index is 2.90. The summed E-state index contributed by atoms with van der Waals surface area (Å²) in [4.78, 5) is 0. The highest BCUT2D eigenvalue weighted by molar-refractivity contribution is 6.51. The van der Waals surface area contributed by atoms with Gasteiger partial charge in [-0.1, -0.05) is 24.4 Å². The number of nitrogens with one attached hydrogen (secondary N) is 1. The van der Waals surface area contributed by atoms with Crippen molar-refractivity contribution in [1.29, 1.82) is 5.53 Å². The zero-order chi connectivity index (χ0) is 7.40. The Morgan fingerprint density at radius 1 is 1.30 bits per heavy atom. The highest BCUT2D eigenvalue weighted by Crippen LogP contribution is 2.06. The Hall–Kier alpha value is -1.12. The van der Waals surface area contributed by atoms with E-state index in [0.717, 1.165) is 5.46 Å². The molecule has 0 saturated heterocycles. The van der Waals surface area contributed by atoms with Crippen LogP contribution in [-0.2, 0) is 0 Å². The summed E-state index contributed by atoms with van der Waals surface area (Å²) >= 11 is 0. The summed E-state index contributed by atoms with van der Waals surface area (Å²) in [5.41, 5.74) is 8.55. The van der Waals surface area contributed by atoms with E-state index in [4.69, 9.17) is 5.53 Å². The van der Waals surface area contributed by atoms with Crippen LogP contribution < -0.4 is 5.46 Å². The van der Waals surface area contributed by atoms with Crippen molar-refractivity contribution in [3.63, 3.8) is 0 Å². The third-order valence-corrected chi connectivity index (χ3v) is 1.36. The zero-order valence-corrected chi connectivity index (χ0v) is 5.83. The van der Waals surface area contributed by atoms with Crippen LogP contribution in [0.25, 0.3) is 0 Å². The fourth-order valence-electron chi connectivity index (χ4n) is 0.741. The second-order valence-electron chi connectivity index (χ2n) is 1.99. The zero-order valence-electron chi connectivity index (χ0n) is 5.83. The van der Waals surface area contributed by atoms with Crippen molar-refractivity contribution in [1.82, 2.24) is 0 Å². The lowest BCUT2D eigenvalue weighted by atomic mass is 9.73. The maximum Gasteiger partial charge on any atom is 0.148 e. The van der Waals surface area contributed by atoms with Crippen LogP contribution in [0.15, 0.2) is 29.4 Å². The molecule has 10 heavy (non-hydrogen) atoms. The van der Waals surface area contributed by atoms with Crippen molar-refractivity contribution < 1.29 is 0 Å². The molecule has 0 bridgehead atoms. The van der Waals surface area contributed by atoms with Gasteiger partial charge < -0.3 is 0 Å². The second kappa shape index (κ2) is 3.15. The Labute approximate surface area is 61.0 Å². The number of benzene rings is 1. The fraction of sp³-hybridized carbons (Fsp3) is 0.143. The van der Waals surface area contributed by atoms with Crippen LogP contribution in [0.5, 0.6) is 0 Å². The maximum absolute atomic E-state index is 6.69. The molecule has 0 aromatic heterocycles. The van der Waals surface area contributed by atoms with Gasteiger partial charge in [-0.3, -0.25) is 0 Å². The molecule has 0 spiro atoms. The number of hydrogen-bond donors (Lipinski definition) is 1. The molecule has 2 nitrogen and oxygen atoms in total. The van der Waals surface area contributed by atoms with Crippen LogP contribution in [0, 0.1) is 5.53 Å². The summed E-state index contributed by atoms with van der Waals surface area (Å²) in [5.74, 6) is 0. The molecule has 0 aliphatic heterocycles. The Morgan fingerprint density at radius 3 is 2.30 bits per heavy atom. The predicted octanol–water partition coefficient (Wildman–Crippen LogP) is 1.73. The molecule has 0 aliphatic carbocycles. The lowest BCUT2D eigenvalue weighted by Gasteiger charge is -1.93. The van der Waals surface area contributed by atoms with Crippen LogP contribution in [0.3, 0.4) is 0 Å². The molecule has 1 aromatic rings. The number of rotatable bonds is 2. The van der Waals surface area contributed by atoms with E-state index in [-0.39, 0.29) is 0 Å². The van der Waals surface area contributed by atoms with Crippen molar-refractivity contribution >= 4 is 18.4 Å². The molecule has 0 saturated carbocycles. The number of hydrogen-bond acceptors (Lipinski definition) is 2. The lowest BCUT2D eigenvalue weighted by molar-refractivity contribution is 1.15. The van der Waals surface area contributed by atoms with Gasteiger partial charge in [0.15, 0.2) is 0 Å². The van der Waals surface area contributed by atoms with Gasteiger partial charge in [0.05, 0.1) is 5.69 Å². The minimum atomic E-state index is 0.700. The monoisotopic (exact) mass is 131 g/mol. The van der Waals surface area contributed by atoms with Crippen molar-refractivity contribution in [2.75, 3.05) is 0 Å². The highest BCUT2D eigenvalue weighted by Gasteiger charge is 1.89. The van der Waals surface area contributed by atoms with Gasteiger partial charge >= 0.3 is 0 Å². The van der Waals surface area contributed by atoms with Gasteiger partial charge in [-0.25, -0.2) is 5.53 Å². The summed E-state index contributed by atoms with van der Waals surface area (Å²) in [6, 6.07) is 7.52. The first-order chi connectivity index (χ1) is 4.86. The molecule has 0 atom stereocenters. The first kappa shape index (κ1) is 7.00. The predicted molar refractivity (Wildman–Crippen MR) is 42.5 cm³/mol. The van der Waals surface area contributed by atoms with Crippen LogP contribution in [0.2, 0.25) is 6.82 Å². The molecule has 0 unspecified atom stereocenters. The topological polar surface area (TPSA) is 36.2 Å². The number of nitrogens with zero attached hydrogens (tertiary/aromatic N) is 1. The summed E-state index contributed by atoms with van der Waals surface area (Å²) < 4.78 is 0. The molecule has 0 heterocycles. The van der Waals surface area contributed by atoms with E-state index in [1.807, 2.05) is 38.4 Å². The van der Waals surface area contributed by atoms with Gasteiger partial charge in [0.1, 0.15) is 7.28 Å². The molecule has 1 N–H and O–H groups in total. The Kier molecular flexibility index (Phi) is 2.21. The lowest BCUT2D eigenvalue weighted by Crippen LogP contribution is -2.07. The molecule has 0 aliphatic rings. The van der Waals surface area contributed by atoms with Crippen LogP contribution >= 0.6 is 0 Å². The van der Waals surface area contributed by atoms with Gasteiger partial charge in [0.25, 0.3) is 0 Å². The second-order valence-corrected chi connectivity index (χ2v) is 1.99. The van der Waals surface area contributed by atoms with E-state index in [1.54, 1.807) is 0 Å². The van der Waals surface area contributed by atoms with E-state index in [9.17, 15) is 0 Å². The molecule has 0 amide bonds.